The fourth-order valence-corrected chi connectivity index (χ4v) is 3.42. The summed E-state index contributed by atoms with van der Waals surface area (Å²) in [4.78, 5) is 11.2. The van der Waals surface area contributed by atoms with Crippen LogP contribution in [0.5, 0.6) is 34.5 Å². The van der Waals surface area contributed by atoms with Gasteiger partial charge in [-0.25, -0.2) is 0 Å². The first kappa shape index (κ1) is 21.8. The largest absolute Gasteiger partial charge is 0.508 e. The molecule has 0 aliphatic heterocycles. The molecule has 0 saturated carbocycles. The topological polar surface area (TPSA) is 105 Å². The van der Waals surface area contributed by atoms with E-state index >= 15 is 0 Å². The summed E-state index contributed by atoms with van der Waals surface area (Å²) in [5, 5.41) is 30.7. The van der Waals surface area contributed by atoms with Crippen LogP contribution in [0.15, 0.2) is 42.5 Å². The van der Waals surface area contributed by atoms with Gasteiger partial charge in [-0.2, -0.15) is 0 Å². The highest BCUT2D eigenvalue weighted by molar-refractivity contribution is 5.80. The molecule has 31 heavy (non-hydrogen) atoms. The average Bonchev–Trinajstić information content (AvgIpc) is 2.77. The van der Waals surface area contributed by atoms with E-state index in [9.17, 15) is 20.1 Å². The monoisotopic (exact) mass is 424 g/mol. The first-order chi connectivity index (χ1) is 14.9. The molecular weight excluding hydrogens is 400 g/mol. The highest BCUT2D eigenvalue weighted by Gasteiger charge is 2.16. The summed E-state index contributed by atoms with van der Waals surface area (Å²) >= 11 is 0. The van der Waals surface area contributed by atoms with E-state index in [0.29, 0.717) is 46.6 Å². The van der Waals surface area contributed by atoms with Gasteiger partial charge in [-0.3, -0.25) is 4.79 Å². The number of carbonyl (C=O) groups is 1. The van der Waals surface area contributed by atoms with Crippen LogP contribution in [0.25, 0.3) is 0 Å². The quantitative estimate of drug-likeness (QED) is 0.472. The van der Waals surface area contributed by atoms with Crippen LogP contribution in [-0.2, 0) is 12.8 Å². The van der Waals surface area contributed by atoms with Gasteiger partial charge in [-0.05, 0) is 40.5 Å². The van der Waals surface area contributed by atoms with Crippen LogP contribution in [0.3, 0.4) is 0 Å². The van der Waals surface area contributed by atoms with Crippen molar-refractivity contribution in [3.05, 3.63) is 70.3 Å². The van der Waals surface area contributed by atoms with E-state index in [1.807, 2.05) is 0 Å². The highest BCUT2D eigenvalue weighted by Crippen LogP contribution is 2.36. The van der Waals surface area contributed by atoms with Gasteiger partial charge < -0.3 is 29.5 Å². The van der Waals surface area contributed by atoms with Crippen LogP contribution in [0.1, 0.15) is 32.6 Å². The van der Waals surface area contributed by atoms with Crippen LogP contribution in [0.2, 0.25) is 0 Å². The molecule has 0 aromatic heterocycles. The van der Waals surface area contributed by atoms with Crippen molar-refractivity contribution in [3.8, 4) is 34.5 Å². The van der Waals surface area contributed by atoms with E-state index in [-0.39, 0.29) is 29.2 Å². The molecule has 0 aliphatic rings. The number of aldehydes is 1. The van der Waals surface area contributed by atoms with Crippen molar-refractivity contribution in [3.63, 3.8) is 0 Å². The number of aromatic hydroxyl groups is 3. The SMILES string of the molecule is COc1ccc(Cc2cc(Cc3cc(C=O)c(O)cc3OC)c(O)cc2OC)c(O)c1. The first-order valence-electron chi connectivity index (χ1n) is 9.49. The standard InChI is InChI=1S/C24H24O7/c1-29-19-5-4-14(20(26)10-19)6-16-7-15(21(27)11-23(16)30-2)8-17-9-18(13-25)22(28)12-24(17)31-3/h4-5,7,9-13,26-28H,6,8H2,1-3H3. The van der Waals surface area contributed by atoms with E-state index in [1.54, 1.807) is 18.2 Å². The summed E-state index contributed by atoms with van der Waals surface area (Å²) in [6.45, 7) is 0. The van der Waals surface area contributed by atoms with Crippen molar-refractivity contribution in [2.75, 3.05) is 21.3 Å². The van der Waals surface area contributed by atoms with Crippen LogP contribution in [0.4, 0.5) is 0 Å². The molecule has 0 aliphatic carbocycles. The Morgan fingerprint density at radius 3 is 1.84 bits per heavy atom. The zero-order valence-electron chi connectivity index (χ0n) is 17.5. The van der Waals surface area contributed by atoms with Gasteiger partial charge in [0, 0.05) is 31.0 Å². The maximum atomic E-state index is 11.2. The molecule has 7 nitrogen and oxygen atoms in total. The number of rotatable bonds is 8. The number of phenols is 3. The number of methoxy groups -OCH3 is 3. The van der Waals surface area contributed by atoms with Gasteiger partial charge in [0.1, 0.15) is 34.5 Å². The summed E-state index contributed by atoms with van der Waals surface area (Å²) < 4.78 is 15.9. The molecule has 0 radical (unpaired) electrons. The van der Waals surface area contributed by atoms with Gasteiger partial charge in [-0.1, -0.05) is 6.07 Å². The average molecular weight is 424 g/mol. The van der Waals surface area contributed by atoms with Crippen LogP contribution in [-0.4, -0.2) is 42.9 Å². The van der Waals surface area contributed by atoms with Crippen molar-refractivity contribution in [1.29, 1.82) is 0 Å². The number of carbonyl (C=O) groups excluding carboxylic acids is 1. The third kappa shape index (κ3) is 4.66. The smallest absolute Gasteiger partial charge is 0.153 e. The summed E-state index contributed by atoms with van der Waals surface area (Å²) in [6.07, 6.45) is 1.17. The van der Waals surface area contributed by atoms with Crippen molar-refractivity contribution < 1.29 is 34.3 Å². The molecule has 3 aromatic carbocycles. The Hall–Kier alpha value is -3.87. The maximum absolute atomic E-state index is 11.2. The van der Waals surface area contributed by atoms with Gasteiger partial charge in [-0.15, -0.1) is 0 Å². The maximum Gasteiger partial charge on any atom is 0.153 e. The van der Waals surface area contributed by atoms with E-state index in [1.165, 1.54) is 45.6 Å². The van der Waals surface area contributed by atoms with E-state index in [2.05, 4.69) is 0 Å². The normalized spacial score (nSPS) is 10.5. The highest BCUT2D eigenvalue weighted by atomic mass is 16.5. The third-order valence-electron chi connectivity index (χ3n) is 5.09. The summed E-state index contributed by atoms with van der Waals surface area (Å²) in [7, 11) is 4.49. The second kappa shape index (κ2) is 9.30. The Balaban J connectivity index is 2.01. The minimum absolute atomic E-state index is 0.0160. The third-order valence-corrected chi connectivity index (χ3v) is 5.09. The molecule has 0 amide bonds. The molecule has 0 bridgehead atoms. The summed E-state index contributed by atoms with van der Waals surface area (Å²) in [5.74, 6) is 1.35. The Kier molecular flexibility index (Phi) is 6.55. The summed E-state index contributed by atoms with van der Waals surface area (Å²) in [5.41, 5.74) is 2.75. The fraction of sp³-hybridized carbons (Fsp3) is 0.208. The van der Waals surface area contributed by atoms with Crippen molar-refractivity contribution in [2.24, 2.45) is 0 Å². The second-order valence-corrected chi connectivity index (χ2v) is 6.98. The molecule has 0 saturated heterocycles. The van der Waals surface area contributed by atoms with Crippen LogP contribution in [0, 0.1) is 0 Å². The number of hydrogen-bond donors (Lipinski definition) is 3. The summed E-state index contributed by atoms with van der Waals surface area (Å²) in [6, 6.07) is 11.2. The molecule has 0 spiro atoms. The zero-order chi connectivity index (χ0) is 22.5. The molecule has 7 heteroatoms. The molecule has 3 rings (SSSR count). The molecule has 3 aromatic rings. The minimum atomic E-state index is -0.176. The lowest BCUT2D eigenvalue weighted by atomic mass is 9.96. The van der Waals surface area contributed by atoms with Gasteiger partial charge >= 0.3 is 0 Å². The van der Waals surface area contributed by atoms with Gasteiger partial charge in [0.15, 0.2) is 6.29 Å². The van der Waals surface area contributed by atoms with E-state index in [4.69, 9.17) is 14.2 Å². The lowest BCUT2D eigenvalue weighted by Gasteiger charge is -2.16. The van der Waals surface area contributed by atoms with E-state index < -0.39 is 0 Å². The zero-order valence-corrected chi connectivity index (χ0v) is 17.5. The fourth-order valence-electron chi connectivity index (χ4n) is 3.42. The molecule has 0 atom stereocenters. The number of benzene rings is 3. The Morgan fingerprint density at radius 2 is 1.26 bits per heavy atom. The number of ether oxygens (including phenoxy) is 3. The van der Waals surface area contributed by atoms with Crippen molar-refractivity contribution >= 4 is 6.29 Å². The molecule has 162 valence electrons. The van der Waals surface area contributed by atoms with Crippen LogP contribution < -0.4 is 14.2 Å². The van der Waals surface area contributed by atoms with E-state index in [0.717, 1.165) is 5.56 Å². The van der Waals surface area contributed by atoms with Gasteiger partial charge in [0.2, 0.25) is 0 Å². The Bertz CT molecular complexity index is 1110. The molecule has 0 heterocycles. The lowest BCUT2D eigenvalue weighted by molar-refractivity contribution is 0.112. The van der Waals surface area contributed by atoms with Crippen molar-refractivity contribution in [2.45, 2.75) is 12.8 Å². The number of hydrogen-bond acceptors (Lipinski definition) is 7. The predicted molar refractivity (Wildman–Crippen MR) is 115 cm³/mol. The Morgan fingerprint density at radius 1 is 0.677 bits per heavy atom. The first-order valence-corrected chi connectivity index (χ1v) is 9.49. The van der Waals surface area contributed by atoms with Gasteiger partial charge in [0.25, 0.3) is 0 Å². The second-order valence-electron chi connectivity index (χ2n) is 6.98. The van der Waals surface area contributed by atoms with Crippen molar-refractivity contribution in [1.82, 2.24) is 0 Å². The molecular formula is C24H24O7. The minimum Gasteiger partial charge on any atom is -0.508 e. The molecule has 3 N–H and O–H groups in total. The van der Waals surface area contributed by atoms with Gasteiger partial charge in [0.05, 0.1) is 26.9 Å². The Labute approximate surface area is 180 Å². The lowest BCUT2D eigenvalue weighted by Crippen LogP contribution is -2.00. The predicted octanol–water partition coefficient (Wildman–Crippen LogP) is 3.82. The van der Waals surface area contributed by atoms with Crippen LogP contribution >= 0.6 is 0 Å². The molecule has 0 unspecified atom stereocenters. The molecule has 0 fully saturated rings. The number of phenolic OH excluding ortho intramolecular Hbond substituents is 3.